The van der Waals surface area contributed by atoms with Crippen LogP contribution in [0.25, 0.3) is 0 Å². The summed E-state index contributed by atoms with van der Waals surface area (Å²) in [5.74, 6) is 2.31. The minimum atomic E-state index is 0.356. The van der Waals surface area contributed by atoms with E-state index in [1.165, 1.54) is 18.4 Å². The van der Waals surface area contributed by atoms with Crippen LogP contribution >= 0.6 is 0 Å². The summed E-state index contributed by atoms with van der Waals surface area (Å²) in [6.45, 7) is 5.96. The van der Waals surface area contributed by atoms with Crippen LogP contribution in [-0.4, -0.2) is 40.5 Å². The average Bonchev–Trinajstić information content (AvgIpc) is 3.17. The standard InChI is InChI=1S/C14H23N5/c1-2-16-14-17-5-10(6-18-14)7-19-8-12(11-3-4-11)13(15)9-19/h5-6,11-13H,2-4,7-9,15H2,1H3,(H,16,17,18)/t12-,13+/m0/s1. The fourth-order valence-corrected chi connectivity index (χ4v) is 3.04. The fraction of sp³-hybridized carbons (Fsp3) is 0.714. The van der Waals surface area contributed by atoms with Crippen molar-refractivity contribution in [1.82, 2.24) is 14.9 Å². The van der Waals surface area contributed by atoms with Gasteiger partial charge in [-0.1, -0.05) is 0 Å². The normalized spacial score (nSPS) is 27.7. The zero-order chi connectivity index (χ0) is 13.2. The largest absolute Gasteiger partial charge is 0.355 e. The van der Waals surface area contributed by atoms with Crippen molar-refractivity contribution in [3.05, 3.63) is 18.0 Å². The third kappa shape index (κ3) is 3.04. The maximum atomic E-state index is 6.24. The van der Waals surface area contributed by atoms with E-state index < -0.39 is 0 Å². The maximum Gasteiger partial charge on any atom is 0.222 e. The summed E-state index contributed by atoms with van der Waals surface area (Å²) in [6, 6.07) is 0.356. The highest BCUT2D eigenvalue weighted by Crippen LogP contribution is 2.41. The third-order valence-electron chi connectivity index (χ3n) is 4.16. The highest BCUT2D eigenvalue weighted by molar-refractivity contribution is 5.24. The summed E-state index contributed by atoms with van der Waals surface area (Å²) in [5, 5.41) is 3.11. The van der Waals surface area contributed by atoms with E-state index in [0.29, 0.717) is 17.9 Å². The number of anilines is 1. The molecule has 2 atom stereocenters. The number of nitrogens with two attached hydrogens (primary N) is 1. The van der Waals surface area contributed by atoms with Gasteiger partial charge in [-0.2, -0.15) is 0 Å². The van der Waals surface area contributed by atoms with Gasteiger partial charge in [-0.3, -0.25) is 4.90 Å². The van der Waals surface area contributed by atoms with E-state index in [4.69, 9.17) is 5.73 Å². The number of likely N-dealkylation sites (tertiary alicyclic amines) is 1. The fourth-order valence-electron chi connectivity index (χ4n) is 3.04. The van der Waals surface area contributed by atoms with Crippen LogP contribution in [0.5, 0.6) is 0 Å². The Balaban J connectivity index is 1.56. The molecule has 19 heavy (non-hydrogen) atoms. The molecular weight excluding hydrogens is 238 g/mol. The molecule has 2 fully saturated rings. The summed E-state index contributed by atoms with van der Waals surface area (Å²) < 4.78 is 0. The highest BCUT2D eigenvalue weighted by Gasteiger charge is 2.40. The van der Waals surface area contributed by atoms with E-state index in [0.717, 1.165) is 32.1 Å². The number of aromatic nitrogens is 2. The first kappa shape index (κ1) is 12.8. The van der Waals surface area contributed by atoms with Crippen molar-refractivity contribution in [3.8, 4) is 0 Å². The molecule has 1 aromatic rings. The van der Waals surface area contributed by atoms with Crippen LogP contribution in [-0.2, 0) is 6.54 Å². The smallest absolute Gasteiger partial charge is 0.222 e. The summed E-state index contributed by atoms with van der Waals surface area (Å²) in [6.07, 6.45) is 6.60. The molecule has 0 amide bonds. The first-order valence-corrected chi connectivity index (χ1v) is 7.29. The second-order valence-corrected chi connectivity index (χ2v) is 5.80. The Morgan fingerprint density at radius 1 is 1.32 bits per heavy atom. The molecule has 1 saturated heterocycles. The van der Waals surface area contributed by atoms with Gasteiger partial charge in [0.25, 0.3) is 0 Å². The van der Waals surface area contributed by atoms with Gasteiger partial charge in [0.05, 0.1) is 0 Å². The number of hydrogen-bond donors (Lipinski definition) is 2. The molecule has 1 aliphatic heterocycles. The monoisotopic (exact) mass is 261 g/mol. The predicted octanol–water partition coefficient (Wildman–Crippen LogP) is 1.08. The van der Waals surface area contributed by atoms with Crippen molar-refractivity contribution in [2.24, 2.45) is 17.6 Å². The lowest BCUT2D eigenvalue weighted by Crippen LogP contribution is -2.30. The Morgan fingerprint density at radius 2 is 2.05 bits per heavy atom. The Kier molecular flexibility index (Phi) is 3.66. The van der Waals surface area contributed by atoms with Crippen molar-refractivity contribution < 1.29 is 0 Å². The SMILES string of the molecule is CCNc1ncc(CN2C[C@@H](N)[C@H](C3CC3)C2)cn1. The third-order valence-corrected chi connectivity index (χ3v) is 4.16. The van der Waals surface area contributed by atoms with E-state index in [1.54, 1.807) is 0 Å². The van der Waals surface area contributed by atoms with Gasteiger partial charge in [0.1, 0.15) is 0 Å². The van der Waals surface area contributed by atoms with Crippen LogP contribution < -0.4 is 11.1 Å². The quantitative estimate of drug-likeness (QED) is 0.830. The van der Waals surface area contributed by atoms with Crippen LogP contribution in [0.15, 0.2) is 12.4 Å². The van der Waals surface area contributed by atoms with E-state index in [1.807, 2.05) is 19.3 Å². The van der Waals surface area contributed by atoms with Gasteiger partial charge < -0.3 is 11.1 Å². The molecular formula is C14H23N5. The van der Waals surface area contributed by atoms with Gasteiger partial charge in [-0.25, -0.2) is 9.97 Å². The van der Waals surface area contributed by atoms with Crippen molar-refractivity contribution in [3.63, 3.8) is 0 Å². The first-order chi connectivity index (χ1) is 9.26. The van der Waals surface area contributed by atoms with E-state index in [9.17, 15) is 0 Å². The van der Waals surface area contributed by atoms with Crippen molar-refractivity contribution in [2.75, 3.05) is 25.0 Å². The predicted molar refractivity (Wildman–Crippen MR) is 75.7 cm³/mol. The number of nitrogens with one attached hydrogen (secondary N) is 1. The lowest BCUT2D eigenvalue weighted by Gasteiger charge is -2.15. The minimum Gasteiger partial charge on any atom is -0.355 e. The van der Waals surface area contributed by atoms with Crippen LogP contribution in [0.2, 0.25) is 0 Å². The topological polar surface area (TPSA) is 67.1 Å². The first-order valence-electron chi connectivity index (χ1n) is 7.29. The molecule has 104 valence electrons. The Bertz CT molecular complexity index is 414. The summed E-state index contributed by atoms with van der Waals surface area (Å²) in [7, 11) is 0. The highest BCUT2D eigenvalue weighted by atomic mass is 15.2. The molecule has 1 aliphatic carbocycles. The molecule has 1 saturated carbocycles. The zero-order valence-corrected chi connectivity index (χ0v) is 11.5. The molecule has 3 rings (SSSR count). The van der Waals surface area contributed by atoms with Gasteiger partial charge in [0, 0.05) is 50.2 Å². The van der Waals surface area contributed by atoms with Gasteiger partial charge >= 0.3 is 0 Å². The molecule has 1 aromatic heterocycles. The molecule has 3 N–H and O–H groups in total. The number of nitrogens with zero attached hydrogens (tertiary/aromatic N) is 3. The molecule has 0 radical (unpaired) electrons. The second-order valence-electron chi connectivity index (χ2n) is 5.80. The maximum absolute atomic E-state index is 6.24. The minimum absolute atomic E-state index is 0.356. The number of rotatable bonds is 5. The lowest BCUT2D eigenvalue weighted by molar-refractivity contribution is 0.309. The molecule has 0 bridgehead atoms. The lowest BCUT2D eigenvalue weighted by atomic mass is 9.99. The van der Waals surface area contributed by atoms with Gasteiger partial charge in [0.2, 0.25) is 5.95 Å². The van der Waals surface area contributed by atoms with Crippen LogP contribution in [0, 0.1) is 11.8 Å². The molecule has 0 unspecified atom stereocenters. The van der Waals surface area contributed by atoms with Gasteiger partial charge in [-0.05, 0) is 31.6 Å². The van der Waals surface area contributed by atoms with Crippen LogP contribution in [0.1, 0.15) is 25.3 Å². The summed E-state index contributed by atoms with van der Waals surface area (Å²) in [5.41, 5.74) is 7.42. The van der Waals surface area contributed by atoms with E-state index >= 15 is 0 Å². The average molecular weight is 261 g/mol. The molecule has 0 spiro atoms. The van der Waals surface area contributed by atoms with E-state index in [-0.39, 0.29) is 0 Å². The second kappa shape index (κ2) is 5.43. The summed E-state index contributed by atoms with van der Waals surface area (Å²) >= 11 is 0. The van der Waals surface area contributed by atoms with Gasteiger partial charge in [0.15, 0.2) is 0 Å². The van der Waals surface area contributed by atoms with E-state index in [2.05, 4.69) is 20.2 Å². The van der Waals surface area contributed by atoms with Crippen molar-refractivity contribution in [2.45, 2.75) is 32.4 Å². The Hall–Kier alpha value is -1.20. The molecule has 2 heterocycles. The zero-order valence-electron chi connectivity index (χ0n) is 11.5. The molecule has 5 nitrogen and oxygen atoms in total. The molecule has 0 aromatic carbocycles. The molecule has 5 heteroatoms. The Morgan fingerprint density at radius 3 is 2.68 bits per heavy atom. The molecule has 2 aliphatic rings. The van der Waals surface area contributed by atoms with Gasteiger partial charge in [-0.15, -0.1) is 0 Å². The van der Waals surface area contributed by atoms with Crippen molar-refractivity contribution >= 4 is 5.95 Å². The van der Waals surface area contributed by atoms with Crippen molar-refractivity contribution in [1.29, 1.82) is 0 Å². The van der Waals surface area contributed by atoms with Crippen LogP contribution in [0.4, 0.5) is 5.95 Å². The number of hydrogen-bond acceptors (Lipinski definition) is 5. The van der Waals surface area contributed by atoms with Crippen LogP contribution in [0.3, 0.4) is 0 Å². The summed E-state index contributed by atoms with van der Waals surface area (Å²) in [4.78, 5) is 11.1. The Labute approximate surface area is 114 Å².